The summed E-state index contributed by atoms with van der Waals surface area (Å²) in [6.07, 6.45) is 3.17. The van der Waals surface area contributed by atoms with Gasteiger partial charge in [-0.15, -0.1) is 0 Å². The van der Waals surface area contributed by atoms with E-state index in [0.29, 0.717) is 24.0 Å². The Morgan fingerprint density at radius 2 is 1.88 bits per heavy atom. The first kappa shape index (κ1) is 12.4. The fourth-order valence-electron chi connectivity index (χ4n) is 1.52. The quantitative estimate of drug-likeness (QED) is 0.785. The lowest BCUT2D eigenvalue weighted by Crippen LogP contribution is -2.15. The van der Waals surface area contributed by atoms with E-state index in [9.17, 15) is 0 Å². The zero-order chi connectivity index (χ0) is 12.4. The first-order valence-corrected chi connectivity index (χ1v) is 7.14. The van der Waals surface area contributed by atoms with E-state index in [2.05, 4.69) is 46.4 Å². The van der Waals surface area contributed by atoms with E-state index in [1.165, 1.54) is 18.2 Å². The number of hydrogen-bond donors (Lipinski definition) is 2. The van der Waals surface area contributed by atoms with Crippen molar-refractivity contribution in [3.05, 3.63) is 0 Å². The molecule has 0 saturated heterocycles. The highest BCUT2D eigenvalue weighted by molar-refractivity contribution is 7.98. The van der Waals surface area contributed by atoms with Gasteiger partial charge in [0.15, 0.2) is 5.16 Å². The van der Waals surface area contributed by atoms with Gasteiger partial charge in [-0.05, 0) is 32.4 Å². The third-order valence-corrected chi connectivity index (χ3v) is 3.19. The van der Waals surface area contributed by atoms with Crippen molar-refractivity contribution in [2.45, 2.75) is 44.4 Å². The molecule has 1 saturated carbocycles. The van der Waals surface area contributed by atoms with Gasteiger partial charge in [0.1, 0.15) is 0 Å². The smallest absolute Gasteiger partial charge is 0.228 e. The van der Waals surface area contributed by atoms with Crippen LogP contribution in [0.3, 0.4) is 0 Å². The number of aromatic nitrogens is 3. The van der Waals surface area contributed by atoms with Gasteiger partial charge in [0.25, 0.3) is 0 Å². The van der Waals surface area contributed by atoms with Gasteiger partial charge in [-0.2, -0.15) is 15.0 Å². The predicted octanol–water partition coefficient (Wildman–Crippen LogP) is 2.23. The van der Waals surface area contributed by atoms with E-state index in [1.807, 2.05) is 6.26 Å². The second-order valence-corrected chi connectivity index (χ2v) is 5.51. The normalized spacial score (nSPS) is 22.6. The maximum atomic E-state index is 4.38. The molecule has 2 atom stereocenters. The number of rotatable bonds is 5. The van der Waals surface area contributed by atoms with E-state index < -0.39 is 0 Å². The van der Waals surface area contributed by atoms with Gasteiger partial charge in [0.05, 0.1) is 0 Å². The fourth-order valence-corrected chi connectivity index (χ4v) is 1.88. The van der Waals surface area contributed by atoms with Gasteiger partial charge in [0.2, 0.25) is 11.9 Å². The van der Waals surface area contributed by atoms with E-state index >= 15 is 0 Å². The summed E-state index contributed by atoms with van der Waals surface area (Å²) in [5.74, 6) is 2.06. The molecule has 0 bridgehead atoms. The maximum Gasteiger partial charge on any atom is 0.228 e. The van der Waals surface area contributed by atoms with E-state index in [1.54, 1.807) is 0 Å². The summed E-state index contributed by atoms with van der Waals surface area (Å²) in [7, 11) is 0. The van der Waals surface area contributed by atoms with Crippen molar-refractivity contribution in [2.75, 3.05) is 16.9 Å². The van der Waals surface area contributed by atoms with Crippen LogP contribution in [0.4, 0.5) is 11.9 Å². The molecule has 0 aliphatic heterocycles. The monoisotopic (exact) mass is 253 g/mol. The molecule has 1 aromatic rings. The minimum atomic E-state index is 0.319. The SMILES string of the molecule is CSc1nc(NC(C)C)nc(NC2CC2C)n1. The molecule has 1 heterocycles. The summed E-state index contributed by atoms with van der Waals surface area (Å²) in [4.78, 5) is 13.1. The fraction of sp³-hybridized carbons (Fsp3) is 0.727. The number of hydrogen-bond acceptors (Lipinski definition) is 6. The van der Waals surface area contributed by atoms with Crippen LogP contribution in [0.1, 0.15) is 27.2 Å². The van der Waals surface area contributed by atoms with E-state index in [-0.39, 0.29) is 0 Å². The molecule has 0 aromatic carbocycles. The maximum absolute atomic E-state index is 4.38. The van der Waals surface area contributed by atoms with E-state index in [0.717, 1.165) is 11.1 Å². The Bertz CT molecular complexity index is 395. The van der Waals surface area contributed by atoms with Gasteiger partial charge < -0.3 is 10.6 Å². The van der Waals surface area contributed by atoms with Gasteiger partial charge in [0, 0.05) is 12.1 Å². The molecule has 2 rings (SSSR count). The molecule has 2 N–H and O–H groups in total. The highest BCUT2D eigenvalue weighted by Gasteiger charge is 2.33. The Morgan fingerprint density at radius 1 is 1.24 bits per heavy atom. The number of nitrogens with zero attached hydrogens (tertiary/aromatic N) is 3. The van der Waals surface area contributed by atoms with Crippen molar-refractivity contribution in [1.29, 1.82) is 0 Å². The molecule has 0 amide bonds. The molecular weight excluding hydrogens is 234 g/mol. The summed E-state index contributed by atoms with van der Waals surface area (Å²) in [6, 6.07) is 0.846. The number of thioether (sulfide) groups is 1. The first-order valence-electron chi connectivity index (χ1n) is 5.91. The first-order chi connectivity index (χ1) is 8.08. The highest BCUT2D eigenvalue weighted by Crippen LogP contribution is 2.32. The van der Waals surface area contributed by atoms with Crippen LogP contribution in [-0.2, 0) is 0 Å². The average Bonchev–Trinajstić information content (AvgIpc) is 2.92. The van der Waals surface area contributed by atoms with Gasteiger partial charge >= 0.3 is 0 Å². The molecule has 0 radical (unpaired) electrons. The summed E-state index contributed by atoms with van der Waals surface area (Å²) >= 11 is 1.53. The highest BCUT2D eigenvalue weighted by atomic mass is 32.2. The summed E-state index contributed by atoms with van der Waals surface area (Å²) in [5.41, 5.74) is 0. The second kappa shape index (κ2) is 5.08. The molecule has 1 fully saturated rings. The van der Waals surface area contributed by atoms with Gasteiger partial charge in [-0.1, -0.05) is 18.7 Å². The average molecular weight is 253 g/mol. The number of anilines is 2. The van der Waals surface area contributed by atoms with Crippen molar-refractivity contribution >= 4 is 23.7 Å². The second-order valence-electron chi connectivity index (χ2n) is 4.73. The minimum absolute atomic E-state index is 0.319. The lowest BCUT2D eigenvalue weighted by atomic mass is 10.4. The topological polar surface area (TPSA) is 62.7 Å². The molecule has 0 spiro atoms. The molecule has 1 aromatic heterocycles. The lowest BCUT2D eigenvalue weighted by Gasteiger charge is -2.11. The molecule has 5 nitrogen and oxygen atoms in total. The van der Waals surface area contributed by atoms with Crippen molar-refractivity contribution < 1.29 is 0 Å². The van der Waals surface area contributed by atoms with Crippen LogP contribution in [0.2, 0.25) is 0 Å². The Morgan fingerprint density at radius 3 is 2.41 bits per heavy atom. The van der Waals surface area contributed by atoms with Crippen LogP contribution < -0.4 is 10.6 Å². The molecule has 2 unspecified atom stereocenters. The van der Waals surface area contributed by atoms with Crippen molar-refractivity contribution in [3.8, 4) is 0 Å². The molecule has 1 aliphatic rings. The van der Waals surface area contributed by atoms with Gasteiger partial charge in [-0.25, -0.2) is 0 Å². The van der Waals surface area contributed by atoms with E-state index in [4.69, 9.17) is 0 Å². The minimum Gasteiger partial charge on any atom is -0.352 e. The molecule has 94 valence electrons. The Balaban J connectivity index is 2.13. The summed E-state index contributed by atoms with van der Waals surface area (Å²) < 4.78 is 0. The molecule has 6 heteroatoms. The summed E-state index contributed by atoms with van der Waals surface area (Å²) in [5, 5.41) is 7.30. The zero-order valence-corrected chi connectivity index (χ0v) is 11.5. The largest absolute Gasteiger partial charge is 0.352 e. The Hall–Kier alpha value is -1.04. The van der Waals surface area contributed by atoms with Crippen LogP contribution in [0, 0.1) is 5.92 Å². The van der Waals surface area contributed by atoms with Crippen LogP contribution in [0.25, 0.3) is 0 Å². The van der Waals surface area contributed by atoms with Crippen LogP contribution in [0.5, 0.6) is 0 Å². The van der Waals surface area contributed by atoms with Crippen LogP contribution >= 0.6 is 11.8 Å². The lowest BCUT2D eigenvalue weighted by molar-refractivity contribution is 0.828. The van der Waals surface area contributed by atoms with Crippen molar-refractivity contribution in [2.24, 2.45) is 5.92 Å². The van der Waals surface area contributed by atoms with Crippen molar-refractivity contribution in [3.63, 3.8) is 0 Å². The van der Waals surface area contributed by atoms with Gasteiger partial charge in [-0.3, -0.25) is 0 Å². The Labute approximate surface area is 106 Å². The number of nitrogens with one attached hydrogen (secondary N) is 2. The Kier molecular flexibility index (Phi) is 3.71. The zero-order valence-electron chi connectivity index (χ0n) is 10.7. The predicted molar refractivity (Wildman–Crippen MR) is 71.6 cm³/mol. The third-order valence-electron chi connectivity index (χ3n) is 2.64. The standard InChI is InChI=1S/C11H19N5S/c1-6(2)12-9-14-10(13-8-5-7(8)3)16-11(15-9)17-4/h6-8H,5H2,1-4H3,(H2,12,13,14,15,16). The molecule has 1 aliphatic carbocycles. The molecular formula is C11H19N5S. The third kappa shape index (κ3) is 3.46. The summed E-state index contributed by atoms with van der Waals surface area (Å²) in [6.45, 7) is 6.36. The molecule has 17 heavy (non-hydrogen) atoms. The van der Waals surface area contributed by atoms with Crippen LogP contribution in [-0.4, -0.2) is 33.3 Å². The van der Waals surface area contributed by atoms with Crippen molar-refractivity contribution in [1.82, 2.24) is 15.0 Å². The van der Waals surface area contributed by atoms with Crippen LogP contribution in [0.15, 0.2) is 5.16 Å².